The second kappa shape index (κ2) is 4.50. The molecule has 0 unspecified atom stereocenters. The lowest BCUT2D eigenvalue weighted by atomic mass is 9.97. The topological polar surface area (TPSA) is 0 Å². The van der Waals surface area contributed by atoms with Gasteiger partial charge in [-0.1, -0.05) is 66.7 Å². The van der Waals surface area contributed by atoms with Gasteiger partial charge in [-0.3, -0.25) is 0 Å². The first-order chi connectivity index (χ1) is 9.92. The molecule has 0 bridgehead atoms. The molecule has 0 aliphatic heterocycles. The van der Waals surface area contributed by atoms with Crippen LogP contribution in [0.2, 0.25) is 0 Å². The van der Waals surface area contributed by atoms with Crippen LogP contribution in [0.1, 0.15) is 0 Å². The van der Waals surface area contributed by atoms with Crippen LogP contribution in [-0.2, 0) is 0 Å². The van der Waals surface area contributed by atoms with Gasteiger partial charge in [0.1, 0.15) is 0 Å². The Morgan fingerprint density at radius 2 is 1.35 bits per heavy atom. The Bertz CT molecular complexity index is 889. The molecule has 0 nitrogen and oxygen atoms in total. The number of rotatable bonds is 1. The minimum atomic E-state index is 1.15. The van der Waals surface area contributed by atoms with Gasteiger partial charge in [0.2, 0.25) is 0 Å². The molecule has 4 aromatic rings. The van der Waals surface area contributed by atoms with Gasteiger partial charge in [-0.2, -0.15) is 0 Å². The van der Waals surface area contributed by atoms with Crippen molar-refractivity contribution in [1.29, 1.82) is 0 Å². The molecule has 0 heteroatoms. The zero-order valence-electron chi connectivity index (χ0n) is 11.0. The van der Waals surface area contributed by atoms with Crippen LogP contribution in [0.4, 0.5) is 0 Å². The summed E-state index contributed by atoms with van der Waals surface area (Å²) >= 11 is 0. The molecule has 0 fully saturated rings. The van der Waals surface area contributed by atoms with Crippen molar-refractivity contribution in [1.82, 2.24) is 0 Å². The zero-order valence-corrected chi connectivity index (χ0v) is 11.0. The SMILES string of the molecule is [c]1cc2ccc3ccccc3c2cc1-c1ccccc1. The Kier molecular flexibility index (Phi) is 2.53. The summed E-state index contributed by atoms with van der Waals surface area (Å²) in [7, 11) is 0. The first kappa shape index (κ1) is 11.2. The Hall–Kier alpha value is -2.60. The zero-order chi connectivity index (χ0) is 13.4. The highest BCUT2D eigenvalue weighted by molar-refractivity contribution is 6.08. The minimum absolute atomic E-state index is 1.15. The first-order valence-electron chi connectivity index (χ1n) is 6.80. The third kappa shape index (κ3) is 1.78. The normalized spacial score (nSPS) is 11.0. The summed E-state index contributed by atoms with van der Waals surface area (Å²) in [5, 5.41) is 5.12. The molecule has 0 atom stereocenters. The van der Waals surface area contributed by atoms with Gasteiger partial charge in [0.25, 0.3) is 0 Å². The van der Waals surface area contributed by atoms with Crippen molar-refractivity contribution in [3.63, 3.8) is 0 Å². The van der Waals surface area contributed by atoms with E-state index < -0.39 is 0 Å². The van der Waals surface area contributed by atoms with Crippen LogP contribution < -0.4 is 0 Å². The number of benzene rings is 4. The number of hydrogen-bond donors (Lipinski definition) is 0. The average Bonchev–Trinajstić information content (AvgIpc) is 2.55. The molecule has 0 saturated carbocycles. The van der Waals surface area contributed by atoms with E-state index in [1.807, 2.05) is 6.07 Å². The van der Waals surface area contributed by atoms with Crippen molar-refractivity contribution in [2.45, 2.75) is 0 Å². The van der Waals surface area contributed by atoms with E-state index in [9.17, 15) is 0 Å². The van der Waals surface area contributed by atoms with Crippen LogP contribution in [-0.4, -0.2) is 0 Å². The summed E-state index contributed by atoms with van der Waals surface area (Å²) in [5.41, 5.74) is 2.36. The van der Waals surface area contributed by atoms with Crippen LogP contribution in [0.3, 0.4) is 0 Å². The predicted molar refractivity (Wildman–Crippen MR) is 85.7 cm³/mol. The Labute approximate surface area is 118 Å². The molecule has 0 aliphatic rings. The fourth-order valence-electron chi connectivity index (χ4n) is 2.73. The molecular weight excluding hydrogens is 240 g/mol. The van der Waals surface area contributed by atoms with E-state index in [1.165, 1.54) is 27.1 Å². The van der Waals surface area contributed by atoms with E-state index in [1.54, 1.807) is 0 Å². The van der Waals surface area contributed by atoms with Crippen LogP contribution >= 0.6 is 0 Å². The standard InChI is InChI=1S/C20H13/c1-2-6-15(7-3-1)18-13-12-17-11-10-16-8-4-5-9-19(16)20(17)14-18/h1-12,14H. The maximum absolute atomic E-state index is 3.39. The van der Waals surface area contributed by atoms with Crippen LogP contribution in [0.25, 0.3) is 32.7 Å². The molecule has 0 spiro atoms. The van der Waals surface area contributed by atoms with Crippen molar-refractivity contribution in [2.24, 2.45) is 0 Å². The molecule has 0 amide bonds. The highest BCUT2D eigenvalue weighted by Gasteiger charge is 2.03. The summed E-state index contributed by atoms with van der Waals surface area (Å²) in [5.74, 6) is 0. The molecule has 0 aliphatic carbocycles. The lowest BCUT2D eigenvalue weighted by Gasteiger charge is -2.07. The van der Waals surface area contributed by atoms with Crippen LogP contribution in [0, 0.1) is 6.07 Å². The highest BCUT2D eigenvalue weighted by Crippen LogP contribution is 2.29. The molecule has 0 heterocycles. The Balaban J connectivity index is 2.05. The highest BCUT2D eigenvalue weighted by atomic mass is 14.1. The third-order valence-corrected chi connectivity index (χ3v) is 3.76. The van der Waals surface area contributed by atoms with E-state index >= 15 is 0 Å². The molecule has 1 radical (unpaired) electrons. The van der Waals surface area contributed by atoms with Gasteiger partial charge >= 0.3 is 0 Å². The van der Waals surface area contributed by atoms with E-state index in [0.29, 0.717) is 0 Å². The summed E-state index contributed by atoms with van der Waals surface area (Å²) < 4.78 is 0. The van der Waals surface area contributed by atoms with Crippen molar-refractivity contribution in [2.75, 3.05) is 0 Å². The molecule has 4 aromatic carbocycles. The molecule has 4 rings (SSSR count). The summed E-state index contributed by atoms with van der Waals surface area (Å²) in [4.78, 5) is 0. The molecule has 0 N–H and O–H groups in total. The second-order valence-corrected chi connectivity index (χ2v) is 5.00. The van der Waals surface area contributed by atoms with Gasteiger partial charge in [0.05, 0.1) is 0 Å². The fourth-order valence-corrected chi connectivity index (χ4v) is 2.73. The Morgan fingerprint density at radius 3 is 2.25 bits per heavy atom. The smallest absolute Gasteiger partial charge is 0.00926 e. The van der Waals surface area contributed by atoms with Crippen molar-refractivity contribution in [3.8, 4) is 11.1 Å². The quantitative estimate of drug-likeness (QED) is 0.395. The van der Waals surface area contributed by atoms with Crippen molar-refractivity contribution < 1.29 is 0 Å². The number of fused-ring (bicyclic) bond motifs is 3. The van der Waals surface area contributed by atoms with Gasteiger partial charge in [-0.15, -0.1) is 0 Å². The fraction of sp³-hybridized carbons (Fsp3) is 0. The monoisotopic (exact) mass is 253 g/mol. The van der Waals surface area contributed by atoms with E-state index in [0.717, 1.165) is 5.56 Å². The first-order valence-corrected chi connectivity index (χ1v) is 6.80. The van der Waals surface area contributed by atoms with Gasteiger partial charge < -0.3 is 0 Å². The van der Waals surface area contributed by atoms with Crippen molar-refractivity contribution >= 4 is 21.5 Å². The average molecular weight is 253 g/mol. The molecule has 0 aromatic heterocycles. The summed E-state index contributed by atoms with van der Waals surface area (Å²) in [6.07, 6.45) is 0. The maximum Gasteiger partial charge on any atom is -0.00926 e. The molecule has 0 saturated heterocycles. The second-order valence-electron chi connectivity index (χ2n) is 5.00. The lowest BCUT2D eigenvalue weighted by molar-refractivity contribution is 1.64. The summed E-state index contributed by atoms with van der Waals surface area (Å²) in [6.45, 7) is 0. The van der Waals surface area contributed by atoms with E-state index in [4.69, 9.17) is 0 Å². The van der Waals surface area contributed by atoms with Gasteiger partial charge in [0, 0.05) is 0 Å². The summed E-state index contributed by atoms with van der Waals surface area (Å²) in [6, 6.07) is 31.0. The van der Waals surface area contributed by atoms with E-state index in [-0.39, 0.29) is 0 Å². The van der Waals surface area contributed by atoms with Gasteiger partial charge in [0.15, 0.2) is 0 Å². The predicted octanol–water partition coefficient (Wildman–Crippen LogP) is 5.46. The van der Waals surface area contributed by atoms with Crippen molar-refractivity contribution in [3.05, 3.63) is 84.9 Å². The maximum atomic E-state index is 3.39. The molecule has 93 valence electrons. The Morgan fingerprint density at radius 1 is 0.600 bits per heavy atom. The largest absolute Gasteiger partial charge is 0.0622 e. The lowest BCUT2D eigenvalue weighted by Crippen LogP contribution is -1.81. The van der Waals surface area contributed by atoms with Gasteiger partial charge in [-0.25, -0.2) is 0 Å². The van der Waals surface area contributed by atoms with Gasteiger partial charge in [-0.05, 0) is 50.9 Å². The molecule has 20 heavy (non-hydrogen) atoms. The third-order valence-electron chi connectivity index (χ3n) is 3.76. The molecular formula is C20H13. The van der Waals surface area contributed by atoms with Crippen LogP contribution in [0.15, 0.2) is 78.9 Å². The minimum Gasteiger partial charge on any atom is -0.0622 e. The number of hydrogen-bond acceptors (Lipinski definition) is 0. The van der Waals surface area contributed by atoms with E-state index in [2.05, 4.69) is 78.9 Å². The van der Waals surface area contributed by atoms with Crippen LogP contribution in [0.5, 0.6) is 0 Å².